The first-order valence-electron chi connectivity index (χ1n) is 7.97. The molecule has 1 atom stereocenters. The summed E-state index contributed by atoms with van der Waals surface area (Å²) in [6.07, 6.45) is 3.61. The summed E-state index contributed by atoms with van der Waals surface area (Å²) < 4.78 is 7.09. The first-order chi connectivity index (χ1) is 11.7. The Bertz CT molecular complexity index is 844. The van der Waals surface area contributed by atoms with Gasteiger partial charge in [0.2, 0.25) is 0 Å². The number of carbonyl (C=O) groups is 1. The molecule has 3 rings (SSSR count). The zero-order chi connectivity index (χ0) is 16.9. The van der Waals surface area contributed by atoms with E-state index in [0.717, 1.165) is 24.3 Å². The van der Waals surface area contributed by atoms with Gasteiger partial charge < -0.3 is 10.1 Å². The second-order valence-electron chi connectivity index (χ2n) is 5.53. The summed E-state index contributed by atoms with van der Waals surface area (Å²) >= 11 is 0. The molecule has 1 amide bonds. The standard InChI is InChI=1S/C18H20N4O2/c1-3-7-15(17-21-20-16-10-4-5-11-22(16)17)19-18(23)13-8-6-9-14(12-13)24-2/h4-6,8-12,15H,3,7H2,1-2H3,(H,19,23)/t15-/m1/s1. The number of carbonyl (C=O) groups excluding carboxylic acids is 1. The number of fused-ring (bicyclic) bond motifs is 1. The number of ether oxygens (including phenoxy) is 1. The Morgan fingerprint density at radius 3 is 2.92 bits per heavy atom. The molecule has 6 nitrogen and oxygen atoms in total. The molecule has 0 aliphatic carbocycles. The highest BCUT2D eigenvalue weighted by Gasteiger charge is 2.20. The highest BCUT2D eigenvalue weighted by atomic mass is 16.5. The Morgan fingerprint density at radius 2 is 2.12 bits per heavy atom. The largest absolute Gasteiger partial charge is 0.497 e. The van der Waals surface area contributed by atoms with Gasteiger partial charge in [0.05, 0.1) is 13.2 Å². The van der Waals surface area contributed by atoms with Crippen molar-refractivity contribution in [2.75, 3.05) is 7.11 Å². The molecule has 1 aromatic carbocycles. The first kappa shape index (κ1) is 16.0. The van der Waals surface area contributed by atoms with E-state index in [9.17, 15) is 4.79 Å². The summed E-state index contributed by atoms with van der Waals surface area (Å²) in [6, 6.07) is 12.6. The number of amides is 1. The zero-order valence-electron chi connectivity index (χ0n) is 13.8. The summed E-state index contributed by atoms with van der Waals surface area (Å²) in [6.45, 7) is 2.08. The molecule has 0 saturated carbocycles. The van der Waals surface area contributed by atoms with Crippen molar-refractivity contribution in [3.05, 3.63) is 60.0 Å². The third kappa shape index (κ3) is 3.22. The van der Waals surface area contributed by atoms with Crippen LogP contribution in [0.25, 0.3) is 5.65 Å². The van der Waals surface area contributed by atoms with Crippen LogP contribution in [0.3, 0.4) is 0 Å². The first-order valence-corrected chi connectivity index (χ1v) is 7.97. The van der Waals surface area contributed by atoms with Crippen molar-refractivity contribution in [1.82, 2.24) is 19.9 Å². The number of aromatic nitrogens is 3. The van der Waals surface area contributed by atoms with Crippen LogP contribution >= 0.6 is 0 Å². The van der Waals surface area contributed by atoms with Crippen LogP contribution in [-0.2, 0) is 0 Å². The van der Waals surface area contributed by atoms with E-state index in [1.165, 1.54) is 0 Å². The molecule has 2 aromatic heterocycles. The number of nitrogens with one attached hydrogen (secondary N) is 1. The van der Waals surface area contributed by atoms with E-state index in [4.69, 9.17) is 4.74 Å². The molecule has 124 valence electrons. The molecule has 0 aliphatic heterocycles. The van der Waals surface area contributed by atoms with Gasteiger partial charge in [-0.3, -0.25) is 9.20 Å². The molecule has 0 radical (unpaired) electrons. The predicted molar refractivity (Wildman–Crippen MR) is 91.1 cm³/mol. The number of nitrogens with zero attached hydrogens (tertiary/aromatic N) is 3. The van der Waals surface area contributed by atoms with Gasteiger partial charge in [-0.05, 0) is 36.8 Å². The van der Waals surface area contributed by atoms with Crippen LogP contribution in [0.5, 0.6) is 5.75 Å². The van der Waals surface area contributed by atoms with Crippen LogP contribution in [0.4, 0.5) is 0 Å². The maximum absolute atomic E-state index is 12.6. The van der Waals surface area contributed by atoms with Gasteiger partial charge in [-0.25, -0.2) is 0 Å². The Hall–Kier alpha value is -2.89. The van der Waals surface area contributed by atoms with Gasteiger partial charge in [0.15, 0.2) is 11.5 Å². The third-order valence-corrected chi connectivity index (χ3v) is 3.87. The van der Waals surface area contributed by atoms with Gasteiger partial charge in [0, 0.05) is 11.8 Å². The second-order valence-corrected chi connectivity index (χ2v) is 5.53. The molecule has 2 heterocycles. The smallest absolute Gasteiger partial charge is 0.252 e. The van der Waals surface area contributed by atoms with Crippen LogP contribution < -0.4 is 10.1 Å². The second kappa shape index (κ2) is 7.12. The molecular formula is C18H20N4O2. The molecule has 0 bridgehead atoms. The van der Waals surface area contributed by atoms with Gasteiger partial charge in [0.1, 0.15) is 5.75 Å². The van der Waals surface area contributed by atoms with E-state index in [1.54, 1.807) is 25.3 Å². The van der Waals surface area contributed by atoms with Crippen molar-refractivity contribution in [2.45, 2.75) is 25.8 Å². The van der Waals surface area contributed by atoms with Gasteiger partial charge in [-0.15, -0.1) is 10.2 Å². The summed E-state index contributed by atoms with van der Waals surface area (Å²) in [5.41, 5.74) is 1.33. The number of benzene rings is 1. The topological polar surface area (TPSA) is 68.5 Å². The van der Waals surface area contributed by atoms with E-state index in [-0.39, 0.29) is 11.9 Å². The number of methoxy groups -OCH3 is 1. The maximum Gasteiger partial charge on any atom is 0.252 e. The van der Waals surface area contributed by atoms with Gasteiger partial charge in [-0.1, -0.05) is 25.5 Å². The summed E-state index contributed by atoms with van der Waals surface area (Å²) in [5, 5.41) is 11.5. The van der Waals surface area contributed by atoms with E-state index >= 15 is 0 Å². The Morgan fingerprint density at radius 1 is 1.25 bits per heavy atom. The zero-order valence-corrected chi connectivity index (χ0v) is 13.8. The highest BCUT2D eigenvalue weighted by Crippen LogP contribution is 2.19. The monoisotopic (exact) mass is 324 g/mol. The Balaban J connectivity index is 1.87. The Labute approximate surface area is 140 Å². The number of rotatable bonds is 6. The fourth-order valence-corrected chi connectivity index (χ4v) is 2.66. The predicted octanol–water partition coefficient (Wildman–Crippen LogP) is 3.01. The molecule has 3 aromatic rings. The fourth-order valence-electron chi connectivity index (χ4n) is 2.66. The van der Waals surface area contributed by atoms with Crippen molar-refractivity contribution in [3.8, 4) is 5.75 Å². The average Bonchev–Trinajstić information content (AvgIpc) is 3.05. The third-order valence-electron chi connectivity index (χ3n) is 3.87. The van der Waals surface area contributed by atoms with E-state index in [2.05, 4.69) is 22.4 Å². The van der Waals surface area contributed by atoms with Crippen LogP contribution in [0.2, 0.25) is 0 Å². The lowest BCUT2D eigenvalue weighted by molar-refractivity contribution is 0.0932. The minimum absolute atomic E-state index is 0.153. The molecule has 0 aliphatic rings. The molecule has 1 N–H and O–H groups in total. The lowest BCUT2D eigenvalue weighted by Crippen LogP contribution is -2.29. The molecule has 24 heavy (non-hydrogen) atoms. The Kier molecular flexibility index (Phi) is 4.74. The van der Waals surface area contributed by atoms with Gasteiger partial charge in [-0.2, -0.15) is 0 Å². The van der Waals surface area contributed by atoms with E-state index in [0.29, 0.717) is 11.3 Å². The number of hydrogen-bond donors (Lipinski definition) is 1. The van der Waals surface area contributed by atoms with E-state index in [1.807, 2.05) is 34.9 Å². The minimum atomic E-state index is -0.203. The van der Waals surface area contributed by atoms with Crippen LogP contribution in [-0.4, -0.2) is 27.6 Å². The molecule has 6 heteroatoms. The van der Waals surface area contributed by atoms with Crippen molar-refractivity contribution in [1.29, 1.82) is 0 Å². The lowest BCUT2D eigenvalue weighted by Gasteiger charge is -2.17. The van der Waals surface area contributed by atoms with Gasteiger partial charge in [0.25, 0.3) is 5.91 Å². The lowest BCUT2D eigenvalue weighted by atomic mass is 10.1. The quantitative estimate of drug-likeness (QED) is 0.757. The van der Waals surface area contributed by atoms with Crippen LogP contribution in [0, 0.1) is 0 Å². The molecule has 0 saturated heterocycles. The number of hydrogen-bond acceptors (Lipinski definition) is 4. The normalized spacial score (nSPS) is 12.1. The molecule has 0 spiro atoms. The molecule has 0 unspecified atom stereocenters. The maximum atomic E-state index is 12.6. The average molecular weight is 324 g/mol. The molecular weight excluding hydrogens is 304 g/mol. The minimum Gasteiger partial charge on any atom is -0.497 e. The number of pyridine rings is 1. The van der Waals surface area contributed by atoms with Crippen molar-refractivity contribution in [2.24, 2.45) is 0 Å². The molecule has 0 fully saturated rings. The fraction of sp³-hybridized carbons (Fsp3) is 0.278. The van der Waals surface area contributed by atoms with Crippen LogP contribution in [0.1, 0.15) is 42.0 Å². The van der Waals surface area contributed by atoms with Gasteiger partial charge >= 0.3 is 0 Å². The highest BCUT2D eigenvalue weighted by molar-refractivity contribution is 5.94. The van der Waals surface area contributed by atoms with Crippen molar-refractivity contribution >= 4 is 11.6 Å². The summed E-state index contributed by atoms with van der Waals surface area (Å²) in [4.78, 5) is 12.6. The summed E-state index contributed by atoms with van der Waals surface area (Å²) in [5.74, 6) is 1.24. The van der Waals surface area contributed by atoms with Crippen molar-refractivity contribution < 1.29 is 9.53 Å². The van der Waals surface area contributed by atoms with Crippen LogP contribution in [0.15, 0.2) is 48.7 Å². The van der Waals surface area contributed by atoms with E-state index < -0.39 is 0 Å². The summed E-state index contributed by atoms with van der Waals surface area (Å²) in [7, 11) is 1.58. The van der Waals surface area contributed by atoms with Crippen molar-refractivity contribution in [3.63, 3.8) is 0 Å². The SMILES string of the molecule is CCC[C@@H](NC(=O)c1cccc(OC)c1)c1nnc2ccccn12.